The number of amides is 1. The van der Waals surface area contributed by atoms with Gasteiger partial charge >= 0.3 is 0 Å². The number of pyridine rings is 1. The summed E-state index contributed by atoms with van der Waals surface area (Å²) in [5, 5.41) is 6.56. The lowest BCUT2D eigenvalue weighted by Crippen LogP contribution is -2.42. The zero-order chi connectivity index (χ0) is 17.8. The predicted octanol–water partition coefficient (Wildman–Crippen LogP) is 4.25. The molecular weight excluding hydrogens is 397 g/mol. The van der Waals surface area contributed by atoms with Crippen LogP contribution in [0.4, 0.5) is 0 Å². The number of aromatic nitrogens is 1. The molecule has 3 atom stereocenters. The largest absolute Gasteiger partial charge is 0.439 e. The second-order valence-electron chi connectivity index (χ2n) is 7.24. The molecule has 0 bridgehead atoms. The number of nitrogens with one attached hydrogen (secondary N) is 2. The van der Waals surface area contributed by atoms with Crippen molar-refractivity contribution in [1.29, 1.82) is 0 Å². The van der Waals surface area contributed by atoms with Crippen LogP contribution in [-0.2, 0) is 11.3 Å². The summed E-state index contributed by atoms with van der Waals surface area (Å²) >= 11 is 0. The van der Waals surface area contributed by atoms with Crippen LogP contribution in [0.25, 0.3) is 0 Å². The number of hydrogen-bond acceptors (Lipinski definition) is 4. The van der Waals surface area contributed by atoms with Crippen LogP contribution < -0.4 is 15.4 Å². The Bertz CT molecular complexity index is 729. The fraction of sp³-hybridized carbons (Fsp3) is 0.429. The van der Waals surface area contributed by atoms with Gasteiger partial charge in [0.15, 0.2) is 0 Å². The molecule has 1 aromatic carbocycles. The van der Waals surface area contributed by atoms with E-state index < -0.39 is 0 Å². The molecule has 4 rings (SSSR count). The van der Waals surface area contributed by atoms with Gasteiger partial charge in [-0.15, -0.1) is 24.8 Å². The monoisotopic (exact) mass is 423 g/mol. The number of benzene rings is 1. The van der Waals surface area contributed by atoms with E-state index >= 15 is 0 Å². The molecule has 2 fully saturated rings. The van der Waals surface area contributed by atoms with Crippen molar-refractivity contribution >= 4 is 30.7 Å². The van der Waals surface area contributed by atoms with Gasteiger partial charge in [-0.1, -0.05) is 37.1 Å². The highest BCUT2D eigenvalue weighted by molar-refractivity contribution is 5.85. The van der Waals surface area contributed by atoms with Crippen molar-refractivity contribution in [3.63, 3.8) is 0 Å². The molecule has 7 heteroatoms. The average molecular weight is 424 g/mol. The van der Waals surface area contributed by atoms with Crippen LogP contribution in [0.1, 0.15) is 37.7 Å². The molecule has 1 saturated heterocycles. The van der Waals surface area contributed by atoms with E-state index in [0.29, 0.717) is 24.4 Å². The predicted molar refractivity (Wildman–Crippen MR) is 114 cm³/mol. The Kier molecular flexibility index (Phi) is 8.55. The SMILES string of the molecule is Cl.Cl.O=C(NCc1ccc(Oc2ccccc2)nc1)C1CC2CCCCC2N1. The molecule has 152 valence electrons. The van der Waals surface area contributed by atoms with Crippen molar-refractivity contribution < 1.29 is 9.53 Å². The van der Waals surface area contributed by atoms with Crippen LogP contribution in [0.3, 0.4) is 0 Å². The van der Waals surface area contributed by atoms with Crippen molar-refractivity contribution in [2.45, 2.75) is 50.7 Å². The van der Waals surface area contributed by atoms with E-state index in [1.54, 1.807) is 6.20 Å². The standard InChI is InChI=1S/C21H25N3O2.2ClH/c25-21(19-12-16-6-4-5-9-18(16)24-19)23-14-15-10-11-20(22-13-15)26-17-7-2-1-3-8-17;;/h1-3,7-8,10-11,13,16,18-19,24H,4-6,9,12,14H2,(H,23,25);2*1H. The summed E-state index contributed by atoms with van der Waals surface area (Å²) in [5.41, 5.74) is 0.967. The first-order valence-electron chi connectivity index (χ1n) is 9.49. The molecule has 1 saturated carbocycles. The van der Waals surface area contributed by atoms with Gasteiger partial charge in [0.1, 0.15) is 5.75 Å². The molecule has 2 N–H and O–H groups in total. The first-order chi connectivity index (χ1) is 12.8. The highest BCUT2D eigenvalue weighted by Crippen LogP contribution is 2.33. The van der Waals surface area contributed by atoms with E-state index in [1.165, 1.54) is 25.7 Å². The molecule has 1 aliphatic heterocycles. The highest BCUT2D eigenvalue weighted by atomic mass is 35.5. The Hall–Kier alpha value is -1.82. The smallest absolute Gasteiger partial charge is 0.237 e. The number of carbonyl (C=O) groups is 1. The molecular formula is C21H27Cl2N3O2. The Morgan fingerprint density at radius 1 is 1.11 bits per heavy atom. The van der Waals surface area contributed by atoms with E-state index in [0.717, 1.165) is 17.7 Å². The summed E-state index contributed by atoms with van der Waals surface area (Å²) in [5.74, 6) is 2.09. The van der Waals surface area contributed by atoms with Crippen LogP contribution in [0.15, 0.2) is 48.7 Å². The van der Waals surface area contributed by atoms with Crippen LogP contribution in [0.2, 0.25) is 0 Å². The van der Waals surface area contributed by atoms with E-state index in [-0.39, 0.29) is 36.8 Å². The maximum absolute atomic E-state index is 12.5. The van der Waals surface area contributed by atoms with Crippen LogP contribution in [-0.4, -0.2) is 23.0 Å². The van der Waals surface area contributed by atoms with Crippen molar-refractivity contribution in [1.82, 2.24) is 15.6 Å². The first kappa shape index (κ1) is 22.5. The molecule has 0 spiro atoms. The Morgan fingerprint density at radius 3 is 2.61 bits per heavy atom. The van der Waals surface area contributed by atoms with Gasteiger partial charge < -0.3 is 15.4 Å². The summed E-state index contributed by atoms with van der Waals surface area (Å²) in [6.45, 7) is 0.491. The van der Waals surface area contributed by atoms with Gasteiger partial charge in [0, 0.05) is 24.8 Å². The lowest BCUT2D eigenvalue weighted by Gasteiger charge is -2.24. The van der Waals surface area contributed by atoms with Crippen molar-refractivity contribution in [3.05, 3.63) is 54.2 Å². The van der Waals surface area contributed by atoms with Crippen molar-refractivity contribution in [2.75, 3.05) is 0 Å². The van der Waals surface area contributed by atoms with Gasteiger partial charge in [0.25, 0.3) is 0 Å². The molecule has 1 amide bonds. The number of rotatable bonds is 5. The second-order valence-corrected chi connectivity index (χ2v) is 7.24. The van der Waals surface area contributed by atoms with Gasteiger partial charge in [-0.25, -0.2) is 4.98 Å². The normalized spacial score (nSPS) is 22.9. The van der Waals surface area contributed by atoms with Gasteiger partial charge in [0.05, 0.1) is 6.04 Å². The number of para-hydroxylation sites is 1. The zero-order valence-electron chi connectivity index (χ0n) is 15.7. The number of halogens is 2. The number of ether oxygens (including phenoxy) is 1. The molecule has 0 radical (unpaired) electrons. The third-order valence-corrected chi connectivity index (χ3v) is 5.41. The Morgan fingerprint density at radius 2 is 1.89 bits per heavy atom. The first-order valence-corrected chi connectivity index (χ1v) is 9.49. The molecule has 2 aromatic rings. The summed E-state index contributed by atoms with van der Waals surface area (Å²) in [6, 6.07) is 13.8. The number of fused-ring (bicyclic) bond motifs is 1. The molecule has 1 aliphatic carbocycles. The maximum atomic E-state index is 12.5. The summed E-state index contributed by atoms with van der Waals surface area (Å²) in [7, 11) is 0. The third-order valence-electron chi connectivity index (χ3n) is 5.41. The fourth-order valence-electron chi connectivity index (χ4n) is 4.02. The molecule has 2 aliphatic rings. The van der Waals surface area contributed by atoms with Crippen LogP contribution in [0, 0.1) is 5.92 Å². The van der Waals surface area contributed by atoms with E-state index in [9.17, 15) is 4.79 Å². The summed E-state index contributed by atoms with van der Waals surface area (Å²) in [6.07, 6.45) is 7.78. The minimum atomic E-state index is -0.0447. The minimum Gasteiger partial charge on any atom is -0.439 e. The summed E-state index contributed by atoms with van der Waals surface area (Å²) < 4.78 is 5.69. The third kappa shape index (κ3) is 5.60. The Balaban J connectivity index is 0.00000140. The Labute approximate surface area is 178 Å². The number of carbonyl (C=O) groups excluding carboxylic acids is 1. The molecule has 2 heterocycles. The lowest BCUT2D eigenvalue weighted by molar-refractivity contribution is -0.123. The van der Waals surface area contributed by atoms with Crippen LogP contribution in [0.5, 0.6) is 11.6 Å². The van der Waals surface area contributed by atoms with E-state index in [2.05, 4.69) is 15.6 Å². The van der Waals surface area contributed by atoms with Gasteiger partial charge in [0.2, 0.25) is 11.8 Å². The highest BCUT2D eigenvalue weighted by Gasteiger charge is 2.37. The van der Waals surface area contributed by atoms with Gasteiger partial charge in [-0.3, -0.25) is 4.79 Å². The van der Waals surface area contributed by atoms with E-state index in [4.69, 9.17) is 4.74 Å². The molecule has 5 nitrogen and oxygen atoms in total. The van der Waals surface area contributed by atoms with Crippen molar-refractivity contribution in [2.24, 2.45) is 5.92 Å². The van der Waals surface area contributed by atoms with Gasteiger partial charge in [-0.2, -0.15) is 0 Å². The minimum absolute atomic E-state index is 0. The summed E-state index contributed by atoms with van der Waals surface area (Å²) in [4.78, 5) is 16.8. The average Bonchev–Trinajstić information content (AvgIpc) is 3.12. The van der Waals surface area contributed by atoms with Crippen LogP contribution >= 0.6 is 24.8 Å². The molecule has 3 unspecified atom stereocenters. The lowest BCUT2D eigenvalue weighted by atomic mass is 9.85. The molecule has 28 heavy (non-hydrogen) atoms. The molecule has 1 aromatic heterocycles. The number of nitrogens with zero attached hydrogens (tertiary/aromatic N) is 1. The van der Waals surface area contributed by atoms with Gasteiger partial charge in [-0.05, 0) is 42.9 Å². The topological polar surface area (TPSA) is 63.2 Å². The number of hydrogen-bond donors (Lipinski definition) is 2. The second kappa shape index (κ2) is 10.6. The maximum Gasteiger partial charge on any atom is 0.237 e. The van der Waals surface area contributed by atoms with E-state index in [1.807, 2.05) is 42.5 Å². The van der Waals surface area contributed by atoms with Crippen molar-refractivity contribution in [3.8, 4) is 11.6 Å². The zero-order valence-corrected chi connectivity index (χ0v) is 17.3. The quantitative estimate of drug-likeness (QED) is 0.753. The fourth-order valence-corrected chi connectivity index (χ4v) is 4.02.